The molecule has 142 valence electrons. The third kappa shape index (κ3) is 6.37. The molecule has 0 bridgehead atoms. The Labute approximate surface area is 154 Å². The summed E-state index contributed by atoms with van der Waals surface area (Å²) in [7, 11) is 0. The van der Waals surface area contributed by atoms with Crippen molar-refractivity contribution >= 4 is 0 Å². The number of pyridine rings is 1. The fourth-order valence-corrected chi connectivity index (χ4v) is 2.62. The van der Waals surface area contributed by atoms with Crippen molar-refractivity contribution in [3.05, 3.63) is 48.2 Å². The second kappa shape index (κ2) is 10.9. The summed E-state index contributed by atoms with van der Waals surface area (Å²) in [6.45, 7) is 0.936. The third-order valence-electron chi connectivity index (χ3n) is 4.27. The standard InChI is InChI=1S/C21H27F2NO2/c1-2-3-4-5-6-16-7-12-21(24-13-16)17-8-10-18(11-9-17)26-15-20(23)19(22)14-25/h7-13,19-20,25H,2-6,14-15H2,1H3/t19-,20-/m1/s1. The average Bonchev–Trinajstić information content (AvgIpc) is 2.69. The lowest BCUT2D eigenvalue weighted by Gasteiger charge is -2.13. The van der Waals surface area contributed by atoms with Crippen LogP contribution in [0, 0.1) is 0 Å². The summed E-state index contributed by atoms with van der Waals surface area (Å²) < 4.78 is 31.5. The first kappa shape index (κ1) is 20.3. The molecule has 0 spiro atoms. The van der Waals surface area contributed by atoms with Crippen molar-refractivity contribution < 1.29 is 18.6 Å². The molecule has 26 heavy (non-hydrogen) atoms. The minimum absolute atomic E-state index is 0.425. The first-order valence-electron chi connectivity index (χ1n) is 9.21. The summed E-state index contributed by atoms with van der Waals surface area (Å²) in [5, 5.41) is 8.58. The van der Waals surface area contributed by atoms with Crippen molar-refractivity contribution in [3.63, 3.8) is 0 Å². The summed E-state index contributed by atoms with van der Waals surface area (Å²) in [5.41, 5.74) is 3.04. The van der Waals surface area contributed by atoms with Crippen molar-refractivity contribution in [1.29, 1.82) is 0 Å². The van der Waals surface area contributed by atoms with Crippen molar-refractivity contribution in [2.75, 3.05) is 13.2 Å². The van der Waals surface area contributed by atoms with Gasteiger partial charge in [0.2, 0.25) is 0 Å². The van der Waals surface area contributed by atoms with Crippen LogP contribution in [-0.4, -0.2) is 35.6 Å². The summed E-state index contributed by atoms with van der Waals surface area (Å²) in [4.78, 5) is 4.51. The van der Waals surface area contributed by atoms with Crippen LogP contribution >= 0.6 is 0 Å². The molecular formula is C21H27F2NO2. The van der Waals surface area contributed by atoms with Crippen molar-refractivity contribution in [2.45, 2.75) is 51.4 Å². The predicted molar refractivity (Wildman–Crippen MR) is 99.9 cm³/mol. The molecule has 0 amide bonds. The van der Waals surface area contributed by atoms with E-state index in [4.69, 9.17) is 9.84 Å². The molecule has 0 aliphatic rings. The Kier molecular flexibility index (Phi) is 8.48. The van der Waals surface area contributed by atoms with Gasteiger partial charge in [0.05, 0.1) is 12.3 Å². The Bertz CT molecular complexity index is 631. The van der Waals surface area contributed by atoms with Gasteiger partial charge in [0.25, 0.3) is 0 Å². The van der Waals surface area contributed by atoms with Crippen molar-refractivity contribution in [2.24, 2.45) is 0 Å². The van der Waals surface area contributed by atoms with Crippen LogP contribution in [0.15, 0.2) is 42.6 Å². The number of hydrogen-bond acceptors (Lipinski definition) is 3. The van der Waals surface area contributed by atoms with Gasteiger partial charge in [-0.05, 0) is 48.7 Å². The van der Waals surface area contributed by atoms with E-state index in [2.05, 4.69) is 18.0 Å². The molecular weight excluding hydrogens is 336 g/mol. The van der Waals surface area contributed by atoms with Gasteiger partial charge >= 0.3 is 0 Å². The molecule has 0 radical (unpaired) electrons. The molecule has 1 aromatic carbocycles. The Balaban J connectivity index is 1.87. The van der Waals surface area contributed by atoms with Crippen molar-refractivity contribution in [1.82, 2.24) is 4.98 Å². The predicted octanol–water partition coefficient (Wildman–Crippen LogP) is 4.92. The Morgan fingerprint density at radius 1 is 1.00 bits per heavy atom. The maximum atomic E-state index is 13.3. The molecule has 3 nitrogen and oxygen atoms in total. The van der Waals surface area contributed by atoms with Crippen LogP contribution in [0.1, 0.15) is 38.2 Å². The minimum atomic E-state index is -1.92. The molecule has 0 aliphatic heterocycles. The van der Waals surface area contributed by atoms with Crippen LogP contribution in [0.4, 0.5) is 8.78 Å². The minimum Gasteiger partial charge on any atom is -0.490 e. The number of halogens is 2. The number of aromatic nitrogens is 1. The van der Waals surface area contributed by atoms with E-state index < -0.39 is 25.6 Å². The largest absolute Gasteiger partial charge is 0.490 e. The zero-order chi connectivity index (χ0) is 18.8. The number of benzene rings is 1. The van der Waals surface area contributed by atoms with Gasteiger partial charge in [-0.2, -0.15) is 0 Å². The number of nitrogens with zero attached hydrogens (tertiary/aromatic N) is 1. The molecule has 0 saturated carbocycles. The van der Waals surface area contributed by atoms with Crippen LogP contribution in [0.5, 0.6) is 5.75 Å². The fraction of sp³-hybridized carbons (Fsp3) is 0.476. The normalized spacial score (nSPS) is 13.4. The molecule has 0 saturated heterocycles. The zero-order valence-electron chi connectivity index (χ0n) is 15.2. The molecule has 1 aromatic heterocycles. The van der Waals surface area contributed by atoms with Gasteiger partial charge in [-0.15, -0.1) is 0 Å². The Hall–Kier alpha value is -2.01. The van der Waals surface area contributed by atoms with Gasteiger partial charge in [-0.25, -0.2) is 8.78 Å². The maximum absolute atomic E-state index is 13.3. The monoisotopic (exact) mass is 363 g/mol. The summed E-state index contributed by atoms with van der Waals surface area (Å²) in [5.74, 6) is 0.453. The Morgan fingerprint density at radius 2 is 1.77 bits per heavy atom. The van der Waals surface area contributed by atoms with Crippen molar-refractivity contribution in [3.8, 4) is 17.0 Å². The highest BCUT2D eigenvalue weighted by Gasteiger charge is 2.20. The lowest BCUT2D eigenvalue weighted by atomic mass is 10.1. The highest BCUT2D eigenvalue weighted by molar-refractivity contribution is 5.60. The van der Waals surface area contributed by atoms with Gasteiger partial charge in [0, 0.05) is 11.8 Å². The SMILES string of the molecule is CCCCCCc1ccc(-c2ccc(OC[C@@H](F)[C@H](F)CO)cc2)nc1. The Morgan fingerprint density at radius 3 is 2.38 bits per heavy atom. The second-order valence-electron chi connectivity index (χ2n) is 6.41. The van der Waals surface area contributed by atoms with Crippen LogP contribution in [0.3, 0.4) is 0 Å². The molecule has 0 aliphatic carbocycles. The van der Waals surface area contributed by atoms with E-state index in [0.717, 1.165) is 17.7 Å². The van der Waals surface area contributed by atoms with E-state index in [9.17, 15) is 8.78 Å². The third-order valence-corrected chi connectivity index (χ3v) is 4.27. The molecule has 1 heterocycles. The number of hydrogen-bond donors (Lipinski definition) is 1. The van der Waals surface area contributed by atoms with E-state index in [1.54, 1.807) is 12.1 Å². The first-order valence-corrected chi connectivity index (χ1v) is 9.21. The molecule has 2 aromatic rings. The highest BCUT2D eigenvalue weighted by atomic mass is 19.2. The fourth-order valence-electron chi connectivity index (χ4n) is 2.62. The molecule has 2 rings (SSSR count). The van der Waals surface area contributed by atoms with E-state index in [0.29, 0.717) is 5.75 Å². The molecule has 1 N–H and O–H groups in total. The van der Waals surface area contributed by atoms with E-state index >= 15 is 0 Å². The molecule has 5 heteroatoms. The summed E-state index contributed by atoms with van der Waals surface area (Å²) >= 11 is 0. The maximum Gasteiger partial charge on any atom is 0.167 e. The van der Waals surface area contributed by atoms with Gasteiger partial charge in [0.1, 0.15) is 12.4 Å². The van der Waals surface area contributed by atoms with Gasteiger partial charge in [-0.1, -0.05) is 32.3 Å². The van der Waals surface area contributed by atoms with Gasteiger partial charge in [-0.3, -0.25) is 4.98 Å². The number of ether oxygens (including phenoxy) is 1. The molecule has 0 unspecified atom stereocenters. The number of aliphatic hydroxyl groups excluding tert-OH is 1. The van der Waals surface area contributed by atoms with Crippen LogP contribution < -0.4 is 4.74 Å². The molecule has 0 fully saturated rings. The quantitative estimate of drug-likeness (QED) is 0.576. The smallest absolute Gasteiger partial charge is 0.167 e. The van der Waals surface area contributed by atoms with E-state index in [1.807, 2.05) is 24.4 Å². The van der Waals surface area contributed by atoms with Crippen LogP contribution in [-0.2, 0) is 6.42 Å². The van der Waals surface area contributed by atoms with Gasteiger partial charge < -0.3 is 9.84 Å². The summed E-state index contributed by atoms with van der Waals surface area (Å²) in [6.07, 6.45) is 4.15. The number of rotatable bonds is 11. The average molecular weight is 363 g/mol. The highest BCUT2D eigenvalue weighted by Crippen LogP contribution is 2.22. The van der Waals surface area contributed by atoms with Crippen LogP contribution in [0.2, 0.25) is 0 Å². The van der Waals surface area contributed by atoms with Crippen LogP contribution in [0.25, 0.3) is 11.3 Å². The lowest BCUT2D eigenvalue weighted by Crippen LogP contribution is -2.27. The number of aliphatic hydroxyl groups is 1. The number of aryl methyl sites for hydroxylation is 1. The second-order valence-corrected chi connectivity index (χ2v) is 6.41. The number of unbranched alkanes of at least 4 members (excludes halogenated alkanes) is 3. The summed E-state index contributed by atoms with van der Waals surface area (Å²) in [6, 6.07) is 11.2. The zero-order valence-corrected chi connectivity index (χ0v) is 15.2. The van der Waals surface area contributed by atoms with Gasteiger partial charge in [0.15, 0.2) is 12.3 Å². The van der Waals surface area contributed by atoms with E-state index in [1.165, 1.54) is 31.2 Å². The lowest BCUT2D eigenvalue weighted by molar-refractivity contribution is 0.0661. The first-order chi connectivity index (χ1) is 12.6. The topological polar surface area (TPSA) is 42.4 Å². The van der Waals surface area contributed by atoms with E-state index in [-0.39, 0.29) is 0 Å². The number of alkyl halides is 2. The molecule has 2 atom stereocenters.